The second-order valence-corrected chi connectivity index (χ2v) is 7.13. The SMILES string of the molecule is CCOc1ccccc1OC1CCN(C(=O)c2cc3ccc(OC)cc3[nH]2)CC1. The Morgan fingerprint density at radius 3 is 2.59 bits per heavy atom. The molecule has 1 fully saturated rings. The normalized spacial score (nSPS) is 14.8. The number of carbonyl (C=O) groups is 1. The van der Waals surface area contributed by atoms with E-state index in [4.69, 9.17) is 14.2 Å². The molecule has 0 bridgehead atoms. The van der Waals surface area contributed by atoms with Gasteiger partial charge in [-0.3, -0.25) is 4.79 Å². The lowest BCUT2D eigenvalue weighted by atomic mass is 10.1. The van der Waals surface area contributed by atoms with Crippen molar-refractivity contribution in [2.75, 3.05) is 26.8 Å². The van der Waals surface area contributed by atoms with Gasteiger partial charge in [0.1, 0.15) is 17.5 Å². The van der Waals surface area contributed by atoms with Gasteiger partial charge in [0.25, 0.3) is 5.91 Å². The number of rotatable bonds is 6. The average Bonchev–Trinajstić information content (AvgIpc) is 3.18. The summed E-state index contributed by atoms with van der Waals surface area (Å²) in [5, 5.41) is 1.000. The van der Waals surface area contributed by atoms with E-state index < -0.39 is 0 Å². The van der Waals surface area contributed by atoms with Crippen molar-refractivity contribution in [3.63, 3.8) is 0 Å². The highest BCUT2D eigenvalue weighted by Gasteiger charge is 2.26. The Balaban J connectivity index is 1.39. The second kappa shape index (κ2) is 8.47. The summed E-state index contributed by atoms with van der Waals surface area (Å²) in [5.74, 6) is 2.32. The number of carbonyl (C=O) groups excluding carboxylic acids is 1. The largest absolute Gasteiger partial charge is 0.497 e. The molecule has 0 radical (unpaired) electrons. The van der Waals surface area contributed by atoms with Crippen molar-refractivity contribution in [3.05, 3.63) is 54.2 Å². The third-order valence-corrected chi connectivity index (χ3v) is 5.23. The van der Waals surface area contributed by atoms with Crippen LogP contribution in [-0.2, 0) is 0 Å². The summed E-state index contributed by atoms with van der Waals surface area (Å²) < 4.78 is 17.1. The fraction of sp³-hybridized carbons (Fsp3) is 0.348. The Bertz CT molecular complexity index is 989. The number of H-pyrrole nitrogens is 1. The van der Waals surface area contributed by atoms with Crippen molar-refractivity contribution in [1.29, 1.82) is 0 Å². The molecule has 152 valence electrons. The Kier molecular flexibility index (Phi) is 5.60. The second-order valence-electron chi connectivity index (χ2n) is 7.13. The third kappa shape index (κ3) is 4.16. The Hall–Kier alpha value is -3.15. The first-order valence-corrected chi connectivity index (χ1v) is 10.0. The molecule has 2 aromatic carbocycles. The summed E-state index contributed by atoms with van der Waals surface area (Å²) in [6.45, 7) is 3.89. The maximum atomic E-state index is 12.9. The van der Waals surface area contributed by atoms with Gasteiger partial charge in [-0.2, -0.15) is 0 Å². The van der Waals surface area contributed by atoms with Crippen LogP contribution in [0, 0.1) is 0 Å². The fourth-order valence-electron chi connectivity index (χ4n) is 3.70. The number of hydrogen-bond acceptors (Lipinski definition) is 4. The first-order chi connectivity index (χ1) is 14.2. The van der Waals surface area contributed by atoms with Gasteiger partial charge in [-0.1, -0.05) is 12.1 Å². The van der Waals surface area contributed by atoms with Gasteiger partial charge in [-0.15, -0.1) is 0 Å². The number of hydrogen-bond donors (Lipinski definition) is 1. The van der Waals surface area contributed by atoms with E-state index in [0.717, 1.165) is 41.0 Å². The molecule has 6 nitrogen and oxygen atoms in total. The quantitative estimate of drug-likeness (QED) is 0.679. The standard InChI is InChI=1S/C23H26N2O4/c1-3-28-21-6-4-5-7-22(21)29-17-10-12-25(13-11-17)23(26)20-14-16-8-9-18(27-2)15-19(16)24-20/h4-9,14-15,17,24H,3,10-13H2,1-2H3. The number of fused-ring (bicyclic) bond motifs is 1. The molecule has 0 unspecified atom stereocenters. The number of aromatic amines is 1. The molecule has 1 N–H and O–H groups in total. The number of likely N-dealkylation sites (tertiary alicyclic amines) is 1. The van der Waals surface area contributed by atoms with Gasteiger partial charge in [-0.05, 0) is 37.3 Å². The highest BCUT2D eigenvalue weighted by Crippen LogP contribution is 2.30. The summed E-state index contributed by atoms with van der Waals surface area (Å²) >= 11 is 0. The monoisotopic (exact) mass is 394 g/mol. The third-order valence-electron chi connectivity index (χ3n) is 5.23. The predicted octanol–water partition coefficient (Wildman–Crippen LogP) is 4.26. The van der Waals surface area contributed by atoms with E-state index in [9.17, 15) is 4.79 Å². The van der Waals surface area contributed by atoms with Crippen LogP contribution in [0.3, 0.4) is 0 Å². The van der Waals surface area contributed by atoms with Crippen molar-refractivity contribution in [1.82, 2.24) is 9.88 Å². The molecule has 29 heavy (non-hydrogen) atoms. The van der Waals surface area contributed by atoms with Gasteiger partial charge in [0.15, 0.2) is 11.5 Å². The summed E-state index contributed by atoms with van der Waals surface area (Å²) in [5.41, 5.74) is 1.51. The molecule has 0 aliphatic carbocycles. The van der Waals surface area contributed by atoms with E-state index in [2.05, 4.69) is 4.98 Å². The van der Waals surface area contributed by atoms with Crippen LogP contribution < -0.4 is 14.2 Å². The zero-order valence-corrected chi connectivity index (χ0v) is 16.8. The zero-order chi connectivity index (χ0) is 20.2. The zero-order valence-electron chi connectivity index (χ0n) is 16.8. The van der Waals surface area contributed by atoms with Crippen LogP contribution in [-0.4, -0.2) is 48.7 Å². The van der Waals surface area contributed by atoms with E-state index in [1.54, 1.807) is 7.11 Å². The van der Waals surface area contributed by atoms with E-state index in [1.807, 2.05) is 60.4 Å². The highest BCUT2D eigenvalue weighted by atomic mass is 16.5. The highest BCUT2D eigenvalue weighted by molar-refractivity contribution is 5.98. The number of ether oxygens (including phenoxy) is 3. The number of para-hydroxylation sites is 2. The number of nitrogens with zero attached hydrogens (tertiary/aromatic N) is 1. The fourth-order valence-corrected chi connectivity index (χ4v) is 3.70. The Morgan fingerprint density at radius 1 is 1.10 bits per heavy atom. The molecule has 0 saturated carbocycles. The van der Waals surface area contributed by atoms with Gasteiger partial charge in [0.2, 0.25) is 0 Å². The number of piperidine rings is 1. The number of nitrogens with one attached hydrogen (secondary N) is 1. The average molecular weight is 394 g/mol. The minimum atomic E-state index is 0.0216. The van der Waals surface area contributed by atoms with Crippen molar-refractivity contribution >= 4 is 16.8 Å². The van der Waals surface area contributed by atoms with Crippen LogP contribution >= 0.6 is 0 Å². The van der Waals surface area contributed by atoms with Gasteiger partial charge in [0.05, 0.1) is 13.7 Å². The summed E-state index contributed by atoms with van der Waals surface area (Å²) in [6.07, 6.45) is 1.66. The maximum Gasteiger partial charge on any atom is 0.270 e. The number of amides is 1. The molecule has 1 amide bonds. The topological polar surface area (TPSA) is 63.8 Å². The van der Waals surface area contributed by atoms with Gasteiger partial charge < -0.3 is 24.1 Å². The van der Waals surface area contributed by atoms with Crippen LogP contribution in [0.25, 0.3) is 10.9 Å². The van der Waals surface area contributed by atoms with Crippen LogP contribution in [0.1, 0.15) is 30.3 Å². The summed E-state index contributed by atoms with van der Waals surface area (Å²) in [7, 11) is 1.63. The Morgan fingerprint density at radius 2 is 1.86 bits per heavy atom. The van der Waals surface area contributed by atoms with Crippen molar-refractivity contribution in [2.45, 2.75) is 25.9 Å². The van der Waals surface area contributed by atoms with E-state index in [1.165, 1.54) is 0 Å². The lowest BCUT2D eigenvalue weighted by molar-refractivity contribution is 0.0585. The summed E-state index contributed by atoms with van der Waals surface area (Å²) in [4.78, 5) is 18.0. The number of methoxy groups -OCH3 is 1. The molecule has 0 atom stereocenters. The van der Waals surface area contributed by atoms with Crippen molar-refractivity contribution < 1.29 is 19.0 Å². The minimum Gasteiger partial charge on any atom is -0.497 e. The smallest absolute Gasteiger partial charge is 0.270 e. The van der Waals surface area contributed by atoms with Gasteiger partial charge >= 0.3 is 0 Å². The molecule has 0 spiro atoms. The molecule has 1 aliphatic rings. The minimum absolute atomic E-state index is 0.0216. The van der Waals surface area contributed by atoms with E-state index in [0.29, 0.717) is 25.4 Å². The molecular weight excluding hydrogens is 368 g/mol. The maximum absolute atomic E-state index is 12.9. The lowest BCUT2D eigenvalue weighted by Crippen LogP contribution is -2.41. The molecule has 1 aromatic heterocycles. The van der Waals surface area contributed by atoms with Crippen molar-refractivity contribution in [2.24, 2.45) is 0 Å². The Labute approximate surface area is 170 Å². The predicted molar refractivity (Wildman–Crippen MR) is 112 cm³/mol. The first-order valence-electron chi connectivity index (χ1n) is 10.0. The van der Waals surface area contributed by atoms with Gasteiger partial charge in [0, 0.05) is 42.9 Å². The molecule has 3 aromatic rings. The van der Waals surface area contributed by atoms with Crippen LogP contribution in [0.5, 0.6) is 17.2 Å². The van der Waals surface area contributed by atoms with Crippen LogP contribution in [0.15, 0.2) is 48.5 Å². The van der Waals surface area contributed by atoms with Crippen LogP contribution in [0.2, 0.25) is 0 Å². The van der Waals surface area contributed by atoms with E-state index in [-0.39, 0.29) is 12.0 Å². The first kappa shape index (κ1) is 19.2. The molecule has 1 saturated heterocycles. The number of aromatic nitrogens is 1. The van der Waals surface area contributed by atoms with E-state index >= 15 is 0 Å². The molecular formula is C23H26N2O4. The van der Waals surface area contributed by atoms with Gasteiger partial charge in [-0.25, -0.2) is 0 Å². The lowest BCUT2D eigenvalue weighted by Gasteiger charge is -2.32. The van der Waals surface area contributed by atoms with Crippen LogP contribution in [0.4, 0.5) is 0 Å². The van der Waals surface area contributed by atoms with Crippen molar-refractivity contribution in [3.8, 4) is 17.2 Å². The molecule has 6 heteroatoms. The number of benzene rings is 2. The summed E-state index contributed by atoms with van der Waals surface area (Å²) in [6, 6.07) is 15.4. The molecule has 2 heterocycles. The molecule has 4 rings (SSSR count). The molecule has 1 aliphatic heterocycles.